The molecule has 0 saturated carbocycles. The fraction of sp³-hybridized carbons (Fsp3) is 0.462. The summed E-state index contributed by atoms with van der Waals surface area (Å²) in [6.45, 7) is 4.43. The van der Waals surface area contributed by atoms with E-state index in [0.717, 1.165) is 11.3 Å². The van der Waals surface area contributed by atoms with Crippen LogP contribution in [0.3, 0.4) is 0 Å². The van der Waals surface area contributed by atoms with Crippen molar-refractivity contribution in [3.8, 4) is 5.75 Å². The third-order valence-electron chi connectivity index (χ3n) is 2.47. The molecule has 1 unspecified atom stereocenters. The molecular weight excluding hydrogens is 218 g/mol. The largest absolute Gasteiger partial charge is 0.497 e. The van der Waals surface area contributed by atoms with Gasteiger partial charge in [0.2, 0.25) is 0 Å². The van der Waals surface area contributed by atoms with E-state index in [9.17, 15) is 4.79 Å². The number of ether oxygens (including phenoxy) is 2. The summed E-state index contributed by atoms with van der Waals surface area (Å²) < 4.78 is 9.93. The highest BCUT2D eigenvalue weighted by Gasteiger charge is 2.07. The minimum Gasteiger partial charge on any atom is -0.497 e. The summed E-state index contributed by atoms with van der Waals surface area (Å²) in [5, 5.41) is 3.11. The molecule has 4 heteroatoms. The van der Waals surface area contributed by atoms with Gasteiger partial charge in [0.05, 0.1) is 20.3 Å². The average Bonchev–Trinajstić information content (AvgIpc) is 2.36. The third-order valence-corrected chi connectivity index (χ3v) is 2.47. The van der Waals surface area contributed by atoms with Crippen LogP contribution >= 0.6 is 0 Å². The van der Waals surface area contributed by atoms with Gasteiger partial charge in [0.1, 0.15) is 5.75 Å². The van der Waals surface area contributed by atoms with Gasteiger partial charge in [-0.25, -0.2) is 0 Å². The molecule has 0 bridgehead atoms. The first-order valence-corrected chi connectivity index (χ1v) is 5.70. The molecule has 0 amide bonds. The minimum atomic E-state index is -0.229. The lowest BCUT2D eigenvalue weighted by Crippen LogP contribution is -2.27. The van der Waals surface area contributed by atoms with Crippen LogP contribution in [-0.4, -0.2) is 26.2 Å². The van der Waals surface area contributed by atoms with Crippen LogP contribution in [0.1, 0.15) is 25.5 Å². The van der Waals surface area contributed by atoms with E-state index in [1.807, 2.05) is 31.2 Å². The summed E-state index contributed by atoms with van der Waals surface area (Å²) in [6, 6.07) is 7.85. The summed E-state index contributed by atoms with van der Waals surface area (Å²) in [7, 11) is 1.64. The zero-order chi connectivity index (χ0) is 12.7. The second kappa shape index (κ2) is 6.91. The van der Waals surface area contributed by atoms with E-state index in [-0.39, 0.29) is 18.6 Å². The number of hydrogen-bond donors (Lipinski definition) is 1. The average molecular weight is 237 g/mol. The Morgan fingerprint density at radius 2 is 2.00 bits per heavy atom. The molecule has 0 saturated heterocycles. The number of nitrogens with one attached hydrogen (secondary N) is 1. The van der Waals surface area contributed by atoms with Gasteiger partial charge in [0.25, 0.3) is 0 Å². The molecule has 1 aromatic rings. The number of carbonyl (C=O) groups is 1. The highest BCUT2D eigenvalue weighted by atomic mass is 16.5. The van der Waals surface area contributed by atoms with Crippen LogP contribution < -0.4 is 10.1 Å². The number of benzene rings is 1. The van der Waals surface area contributed by atoms with E-state index in [4.69, 9.17) is 9.47 Å². The van der Waals surface area contributed by atoms with Crippen LogP contribution in [0.5, 0.6) is 5.75 Å². The van der Waals surface area contributed by atoms with Crippen LogP contribution in [0.15, 0.2) is 24.3 Å². The van der Waals surface area contributed by atoms with Gasteiger partial charge in [-0.3, -0.25) is 4.79 Å². The second-order valence-electron chi connectivity index (χ2n) is 3.68. The summed E-state index contributed by atoms with van der Waals surface area (Å²) in [5.74, 6) is 0.596. The first-order chi connectivity index (χ1) is 8.17. The number of hydrogen-bond acceptors (Lipinski definition) is 4. The predicted molar refractivity (Wildman–Crippen MR) is 66.0 cm³/mol. The lowest BCUT2D eigenvalue weighted by atomic mass is 10.1. The maximum atomic E-state index is 11.2. The van der Waals surface area contributed by atoms with Gasteiger partial charge in [0.15, 0.2) is 0 Å². The molecular formula is C13H19NO3. The Balaban J connectivity index is 2.46. The van der Waals surface area contributed by atoms with Crippen molar-refractivity contribution in [1.82, 2.24) is 5.32 Å². The Hall–Kier alpha value is -1.55. The number of esters is 1. The van der Waals surface area contributed by atoms with Crippen LogP contribution in [-0.2, 0) is 9.53 Å². The van der Waals surface area contributed by atoms with E-state index >= 15 is 0 Å². The Labute approximate surface area is 102 Å². The van der Waals surface area contributed by atoms with Gasteiger partial charge in [-0.15, -0.1) is 0 Å². The first kappa shape index (κ1) is 13.5. The highest BCUT2D eigenvalue weighted by molar-refractivity contribution is 5.71. The van der Waals surface area contributed by atoms with Crippen molar-refractivity contribution < 1.29 is 14.3 Å². The van der Waals surface area contributed by atoms with Crippen molar-refractivity contribution in [3.05, 3.63) is 29.8 Å². The van der Waals surface area contributed by atoms with Crippen molar-refractivity contribution in [3.63, 3.8) is 0 Å². The summed E-state index contributed by atoms with van der Waals surface area (Å²) >= 11 is 0. The summed E-state index contributed by atoms with van der Waals surface area (Å²) in [4.78, 5) is 11.2. The van der Waals surface area contributed by atoms with E-state index in [2.05, 4.69) is 5.32 Å². The van der Waals surface area contributed by atoms with Crippen LogP contribution in [0, 0.1) is 0 Å². The highest BCUT2D eigenvalue weighted by Crippen LogP contribution is 2.16. The SMILES string of the molecule is CCOC(=O)CNC(C)c1ccc(OC)cc1. The Bertz CT molecular complexity index is 348. The van der Waals surface area contributed by atoms with Crippen molar-refractivity contribution in [2.24, 2.45) is 0 Å². The fourth-order valence-electron chi connectivity index (χ4n) is 1.46. The zero-order valence-electron chi connectivity index (χ0n) is 10.5. The lowest BCUT2D eigenvalue weighted by molar-refractivity contribution is -0.142. The third kappa shape index (κ3) is 4.44. The number of rotatable bonds is 6. The van der Waals surface area contributed by atoms with Gasteiger partial charge in [-0.1, -0.05) is 12.1 Å². The Kier molecular flexibility index (Phi) is 5.49. The first-order valence-electron chi connectivity index (χ1n) is 5.70. The zero-order valence-corrected chi connectivity index (χ0v) is 10.5. The Morgan fingerprint density at radius 1 is 1.35 bits per heavy atom. The molecule has 0 aliphatic rings. The molecule has 1 rings (SSSR count). The molecule has 1 aromatic carbocycles. The minimum absolute atomic E-state index is 0.102. The van der Waals surface area contributed by atoms with Crippen molar-refractivity contribution in [1.29, 1.82) is 0 Å². The molecule has 0 heterocycles. The molecule has 4 nitrogen and oxygen atoms in total. The van der Waals surface area contributed by atoms with E-state index in [1.54, 1.807) is 14.0 Å². The van der Waals surface area contributed by atoms with Crippen molar-refractivity contribution in [2.75, 3.05) is 20.3 Å². The summed E-state index contributed by atoms with van der Waals surface area (Å²) in [5.41, 5.74) is 1.11. The van der Waals surface area contributed by atoms with Crippen LogP contribution in [0.25, 0.3) is 0 Å². The number of methoxy groups -OCH3 is 1. The number of carbonyl (C=O) groups excluding carboxylic acids is 1. The molecule has 0 spiro atoms. The Morgan fingerprint density at radius 3 is 2.53 bits per heavy atom. The van der Waals surface area contributed by atoms with E-state index in [0.29, 0.717) is 6.61 Å². The second-order valence-corrected chi connectivity index (χ2v) is 3.68. The maximum Gasteiger partial charge on any atom is 0.319 e. The van der Waals surface area contributed by atoms with Crippen molar-refractivity contribution in [2.45, 2.75) is 19.9 Å². The van der Waals surface area contributed by atoms with E-state index in [1.165, 1.54) is 0 Å². The molecule has 94 valence electrons. The van der Waals surface area contributed by atoms with Gasteiger partial charge in [0, 0.05) is 6.04 Å². The molecule has 17 heavy (non-hydrogen) atoms. The van der Waals surface area contributed by atoms with Crippen molar-refractivity contribution >= 4 is 5.97 Å². The van der Waals surface area contributed by atoms with Gasteiger partial charge in [-0.2, -0.15) is 0 Å². The van der Waals surface area contributed by atoms with Gasteiger partial charge in [-0.05, 0) is 31.5 Å². The predicted octanol–water partition coefficient (Wildman–Crippen LogP) is 1.91. The fourth-order valence-corrected chi connectivity index (χ4v) is 1.46. The molecule has 1 atom stereocenters. The van der Waals surface area contributed by atoms with Crippen LogP contribution in [0.2, 0.25) is 0 Å². The molecule has 0 aliphatic carbocycles. The smallest absolute Gasteiger partial charge is 0.319 e. The van der Waals surface area contributed by atoms with Gasteiger partial charge < -0.3 is 14.8 Å². The normalized spacial score (nSPS) is 11.9. The maximum absolute atomic E-state index is 11.2. The molecule has 0 aliphatic heterocycles. The molecule has 0 radical (unpaired) electrons. The van der Waals surface area contributed by atoms with Crippen LogP contribution in [0.4, 0.5) is 0 Å². The quantitative estimate of drug-likeness (QED) is 0.768. The van der Waals surface area contributed by atoms with E-state index < -0.39 is 0 Å². The topological polar surface area (TPSA) is 47.6 Å². The standard InChI is InChI=1S/C13H19NO3/c1-4-17-13(15)9-14-10(2)11-5-7-12(16-3)8-6-11/h5-8,10,14H,4,9H2,1-3H3. The summed E-state index contributed by atoms with van der Waals surface area (Å²) in [6.07, 6.45) is 0. The van der Waals surface area contributed by atoms with Gasteiger partial charge >= 0.3 is 5.97 Å². The molecule has 1 N–H and O–H groups in total. The molecule has 0 aromatic heterocycles. The monoisotopic (exact) mass is 237 g/mol. The lowest BCUT2D eigenvalue weighted by Gasteiger charge is -2.14. The molecule has 0 fully saturated rings.